The number of fused-ring (bicyclic) bond motifs is 13. The van der Waals surface area contributed by atoms with Crippen LogP contribution in [0.2, 0.25) is 0 Å². The van der Waals surface area contributed by atoms with Crippen LogP contribution in [0.1, 0.15) is 22.3 Å². The van der Waals surface area contributed by atoms with Gasteiger partial charge in [-0.1, -0.05) is 218 Å². The lowest BCUT2D eigenvalue weighted by Crippen LogP contribution is -2.26. The van der Waals surface area contributed by atoms with Crippen LogP contribution in [0.3, 0.4) is 0 Å². The van der Waals surface area contributed by atoms with Crippen molar-refractivity contribution >= 4 is 66.4 Å². The van der Waals surface area contributed by atoms with Gasteiger partial charge in [0, 0.05) is 34.0 Å². The molecule has 0 heterocycles. The number of benzene rings is 13. The summed E-state index contributed by atoms with van der Waals surface area (Å²) in [6.45, 7) is 0. The van der Waals surface area contributed by atoms with Crippen molar-refractivity contribution in [1.82, 2.24) is 0 Å². The quantitative estimate of drug-likeness (QED) is 0.150. The molecule has 15 rings (SSSR count). The monoisotopic (exact) mass is 952 g/mol. The fourth-order valence-corrected chi connectivity index (χ4v) is 12.7. The van der Waals surface area contributed by atoms with Gasteiger partial charge in [0.05, 0.1) is 11.1 Å². The molecule has 0 amide bonds. The lowest BCUT2D eigenvalue weighted by atomic mass is 9.70. The van der Waals surface area contributed by atoms with Crippen molar-refractivity contribution in [3.8, 4) is 44.5 Å². The van der Waals surface area contributed by atoms with Crippen molar-refractivity contribution in [2.45, 2.75) is 5.41 Å². The molecule has 2 aliphatic rings. The molecule has 2 nitrogen and oxygen atoms in total. The molecule has 0 saturated carbocycles. The zero-order chi connectivity index (χ0) is 49.5. The van der Waals surface area contributed by atoms with E-state index in [1.54, 1.807) is 0 Å². The van der Waals surface area contributed by atoms with Crippen molar-refractivity contribution in [1.29, 1.82) is 0 Å². The van der Waals surface area contributed by atoms with Gasteiger partial charge in [-0.25, -0.2) is 0 Å². The molecule has 0 N–H and O–H groups in total. The highest BCUT2D eigenvalue weighted by atomic mass is 15.1. The number of nitrogens with zero attached hydrogens (tertiary/aromatic N) is 2. The van der Waals surface area contributed by atoms with E-state index in [2.05, 4.69) is 301 Å². The number of anilines is 6. The Morgan fingerprint density at radius 3 is 1.32 bits per heavy atom. The molecule has 0 radical (unpaired) electrons. The van der Waals surface area contributed by atoms with E-state index < -0.39 is 5.41 Å². The van der Waals surface area contributed by atoms with Gasteiger partial charge in [-0.15, -0.1) is 0 Å². The Morgan fingerprint density at radius 2 is 0.653 bits per heavy atom. The number of hydrogen-bond donors (Lipinski definition) is 0. The molecule has 1 spiro atoms. The molecular weight excluding hydrogens is 905 g/mol. The van der Waals surface area contributed by atoms with Crippen LogP contribution >= 0.6 is 0 Å². The molecule has 0 saturated heterocycles. The highest BCUT2D eigenvalue weighted by molar-refractivity contribution is 6.07. The lowest BCUT2D eigenvalue weighted by Gasteiger charge is -2.34. The number of rotatable bonds is 8. The topological polar surface area (TPSA) is 6.48 Å². The van der Waals surface area contributed by atoms with Crippen LogP contribution in [0.4, 0.5) is 34.1 Å². The second kappa shape index (κ2) is 17.2. The third-order valence-electron chi connectivity index (χ3n) is 16.0. The third kappa shape index (κ3) is 6.73. The molecule has 0 aromatic heterocycles. The second-order valence-corrected chi connectivity index (χ2v) is 20.0. The Hall–Kier alpha value is -9.76. The first-order valence-corrected chi connectivity index (χ1v) is 26.0. The summed E-state index contributed by atoms with van der Waals surface area (Å²) < 4.78 is 0. The van der Waals surface area contributed by atoms with Gasteiger partial charge in [0.2, 0.25) is 0 Å². The standard InChI is InChI=1S/C73H48N2/c1-3-17-49(18-4-1)52-33-37-58(38-34-52)74(59-39-35-51-20-8-10-23-55(51)46-59)60-40-42-65-63-27-13-15-29-67(63)73(69(65)47-60)68-30-16-14-28-64(68)66-43-41-61(48-70(66)73)75(57-24-5-2-6-25-57)71-44-36-53-21-11-12-26-62(53)72(71)56-32-31-50-19-7-9-22-54(50)45-56/h1-48H. The van der Waals surface area contributed by atoms with Gasteiger partial charge < -0.3 is 9.80 Å². The highest BCUT2D eigenvalue weighted by Gasteiger charge is 2.52. The third-order valence-corrected chi connectivity index (χ3v) is 16.0. The minimum atomic E-state index is -0.622. The molecule has 1 atom stereocenters. The fraction of sp³-hybridized carbons (Fsp3) is 0.0137. The summed E-state index contributed by atoms with van der Waals surface area (Å²) in [6.07, 6.45) is 0. The fourth-order valence-electron chi connectivity index (χ4n) is 12.7. The van der Waals surface area contributed by atoms with E-state index in [-0.39, 0.29) is 0 Å². The molecule has 13 aromatic rings. The van der Waals surface area contributed by atoms with Crippen LogP contribution in [0.5, 0.6) is 0 Å². The number of hydrogen-bond acceptors (Lipinski definition) is 2. The van der Waals surface area contributed by atoms with Crippen LogP contribution in [0, 0.1) is 0 Å². The predicted molar refractivity (Wildman–Crippen MR) is 315 cm³/mol. The highest BCUT2D eigenvalue weighted by Crippen LogP contribution is 2.64. The average Bonchev–Trinajstić information content (AvgIpc) is 4.04. The smallest absolute Gasteiger partial charge is 0.0727 e. The van der Waals surface area contributed by atoms with E-state index >= 15 is 0 Å². The summed E-state index contributed by atoms with van der Waals surface area (Å²) >= 11 is 0. The largest absolute Gasteiger partial charge is 0.310 e. The van der Waals surface area contributed by atoms with Gasteiger partial charge in [-0.2, -0.15) is 0 Å². The van der Waals surface area contributed by atoms with E-state index in [1.165, 1.54) is 99.1 Å². The molecule has 0 fully saturated rings. The Bertz CT molecular complexity index is 4350. The average molecular weight is 953 g/mol. The Kier molecular flexibility index (Phi) is 9.83. The molecule has 0 aliphatic heterocycles. The zero-order valence-corrected chi connectivity index (χ0v) is 41.1. The SMILES string of the molecule is c1ccc(-c2ccc(N(c3ccc4c(c3)C3(c5ccccc5-4)c4ccccc4-c4ccc(N(c5ccccc5)c5ccc6ccccc6c5-c5ccc6ccccc6c5)cc43)c3ccc4ccccc4c3)cc2)cc1. The van der Waals surface area contributed by atoms with Crippen LogP contribution in [0.25, 0.3) is 76.8 Å². The minimum Gasteiger partial charge on any atom is -0.310 e. The summed E-state index contributed by atoms with van der Waals surface area (Å²) in [7, 11) is 0. The number of para-hydroxylation sites is 1. The first-order valence-electron chi connectivity index (χ1n) is 26.0. The predicted octanol–water partition coefficient (Wildman–Crippen LogP) is 19.8. The molecule has 1 unspecified atom stereocenters. The molecule has 13 aromatic carbocycles. The van der Waals surface area contributed by atoms with Crippen LogP contribution in [0.15, 0.2) is 291 Å². The summed E-state index contributed by atoms with van der Waals surface area (Å²) in [6, 6.07) is 108. The first kappa shape index (κ1) is 42.9. The molecular formula is C73H48N2. The van der Waals surface area contributed by atoms with Crippen molar-refractivity contribution in [2.75, 3.05) is 9.80 Å². The van der Waals surface area contributed by atoms with Crippen LogP contribution in [-0.4, -0.2) is 0 Å². The summed E-state index contributed by atoms with van der Waals surface area (Å²) in [5.41, 5.74) is 21.0. The maximum Gasteiger partial charge on any atom is 0.0727 e. The zero-order valence-electron chi connectivity index (χ0n) is 41.1. The normalized spacial score (nSPS) is 13.9. The van der Waals surface area contributed by atoms with E-state index in [1.807, 2.05) is 0 Å². The molecule has 75 heavy (non-hydrogen) atoms. The molecule has 2 heteroatoms. The van der Waals surface area contributed by atoms with Crippen molar-refractivity contribution in [3.05, 3.63) is 313 Å². The molecule has 350 valence electrons. The summed E-state index contributed by atoms with van der Waals surface area (Å²) in [5.74, 6) is 0. The van der Waals surface area contributed by atoms with Crippen molar-refractivity contribution in [2.24, 2.45) is 0 Å². The van der Waals surface area contributed by atoms with E-state index in [0.717, 1.165) is 34.1 Å². The van der Waals surface area contributed by atoms with Gasteiger partial charge in [-0.05, 0) is 166 Å². The van der Waals surface area contributed by atoms with Crippen LogP contribution < -0.4 is 9.80 Å². The Balaban J connectivity index is 0.968. The van der Waals surface area contributed by atoms with Gasteiger partial charge >= 0.3 is 0 Å². The van der Waals surface area contributed by atoms with Gasteiger partial charge in [0.25, 0.3) is 0 Å². The van der Waals surface area contributed by atoms with Crippen molar-refractivity contribution < 1.29 is 0 Å². The molecule has 2 aliphatic carbocycles. The van der Waals surface area contributed by atoms with E-state index in [4.69, 9.17) is 0 Å². The summed E-state index contributed by atoms with van der Waals surface area (Å²) in [5, 5.41) is 7.30. The van der Waals surface area contributed by atoms with E-state index in [0.29, 0.717) is 0 Å². The van der Waals surface area contributed by atoms with Gasteiger partial charge in [0.1, 0.15) is 0 Å². The van der Waals surface area contributed by atoms with E-state index in [9.17, 15) is 0 Å². The maximum absolute atomic E-state index is 2.52. The Labute approximate surface area is 437 Å². The Morgan fingerprint density at radius 1 is 0.227 bits per heavy atom. The maximum atomic E-state index is 2.52. The van der Waals surface area contributed by atoms with Crippen LogP contribution in [-0.2, 0) is 5.41 Å². The lowest BCUT2D eigenvalue weighted by molar-refractivity contribution is 0.793. The van der Waals surface area contributed by atoms with Crippen molar-refractivity contribution in [3.63, 3.8) is 0 Å². The first-order chi connectivity index (χ1) is 37.2. The van der Waals surface area contributed by atoms with Gasteiger partial charge in [-0.3, -0.25) is 0 Å². The molecule has 0 bridgehead atoms. The van der Waals surface area contributed by atoms with Gasteiger partial charge in [0.15, 0.2) is 0 Å². The summed E-state index contributed by atoms with van der Waals surface area (Å²) in [4.78, 5) is 4.94. The minimum absolute atomic E-state index is 0.622. The second-order valence-electron chi connectivity index (χ2n) is 20.0.